The maximum atomic E-state index is 5.40. The normalized spacial score (nSPS) is 11.9. The van der Waals surface area contributed by atoms with Crippen molar-refractivity contribution >= 4 is 65.4 Å². The number of para-hydroxylation sites is 3. The highest BCUT2D eigenvalue weighted by atomic mass is 15.2. The van der Waals surface area contributed by atoms with Crippen LogP contribution in [-0.2, 0) is 0 Å². The van der Waals surface area contributed by atoms with Gasteiger partial charge >= 0.3 is 0 Å². The number of nitrogens with zero attached hydrogens (tertiary/aromatic N) is 5. The van der Waals surface area contributed by atoms with Gasteiger partial charge in [-0.15, -0.1) is 0 Å². The van der Waals surface area contributed by atoms with E-state index in [9.17, 15) is 0 Å². The van der Waals surface area contributed by atoms with Crippen molar-refractivity contribution in [2.24, 2.45) is 0 Å². The lowest BCUT2D eigenvalue weighted by Gasteiger charge is -2.16. The van der Waals surface area contributed by atoms with Crippen molar-refractivity contribution in [1.82, 2.24) is 23.7 Å². The minimum Gasteiger partial charge on any atom is -0.309 e. The van der Waals surface area contributed by atoms with Gasteiger partial charge in [0.15, 0.2) is 0 Å². The van der Waals surface area contributed by atoms with Crippen LogP contribution in [0.15, 0.2) is 200 Å². The molecule has 0 bridgehead atoms. The highest BCUT2D eigenvalue weighted by Crippen LogP contribution is 2.43. The van der Waals surface area contributed by atoms with Crippen molar-refractivity contribution in [3.63, 3.8) is 0 Å². The van der Waals surface area contributed by atoms with E-state index in [1.807, 2.05) is 12.1 Å². The van der Waals surface area contributed by atoms with Gasteiger partial charge in [0.2, 0.25) is 5.95 Å². The van der Waals surface area contributed by atoms with Crippen LogP contribution in [0.25, 0.3) is 105 Å². The fraction of sp³-hybridized carbons (Fsp3) is 0. The van der Waals surface area contributed by atoms with Crippen LogP contribution in [0.2, 0.25) is 0 Å². The van der Waals surface area contributed by atoms with Crippen LogP contribution in [0, 0.1) is 0 Å². The smallest absolute Gasteiger partial charge is 0.236 e. The van der Waals surface area contributed by atoms with Gasteiger partial charge in [-0.05, 0) is 53.9 Å². The van der Waals surface area contributed by atoms with Gasteiger partial charge in [-0.2, -0.15) is 0 Å². The van der Waals surface area contributed by atoms with Crippen LogP contribution in [0.1, 0.15) is 0 Å². The van der Waals surface area contributed by atoms with Crippen molar-refractivity contribution < 1.29 is 0 Å². The second kappa shape index (κ2) is 12.4. The zero-order chi connectivity index (χ0) is 37.5. The van der Waals surface area contributed by atoms with E-state index >= 15 is 0 Å². The number of fused-ring (bicyclic) bond motifs is 9. The molecule has 0 N–H and O–H groups in total. The highest BCUT2D eigenvalue weighted by molar-refractivity contribution is 6.23. The summed E-state index contributed by atoms with van der Waals surface area (Å²) in [7, 11) is 0. The molecule has 0 unspecified atom stereocenters. The van der Waals surface area contributed by atoms with Gasteiger partial charge in [-0.3, -0.25) is 9.13 Å². The van der Waals surface area contributed by atoms with Crippen LogP contribution >= 0.6 is 0 Å². The van der Waals surface area contributed by atoms with Crippen LogP contribution in [0.3, 0.4) is 0 Å². The Kier molecular flexibility index (Phi) is 6.86. The van der Waals surface area contributed by atoms with E-state index in [2.05, 4.69) is 202 Å². The second-order valence-corrected chi connectivity index (χ2v) is 14.6. The summed E-state index contributed by atoms with van der Waals surface area (Å²) in [6.07, 6.45) is 0. The van der Waals surface area contributed by atoms with Crippen molar-refractivity contribution in [3.8, 4) is 39.8 Å². The summed E-state index contributed by atoms with van der Waals surface area (Å²) in [4.78, 5) is 10.8. The molecule has 4 heterocycles. The molecule has 0 spiro atoms. The zero-order valence-corrected chi connectivity index (χ0v) is 30.8. The first kappa shape index (κ1) is 31.6. The van der Waals surface area contributed by atoms with Crippen LogP contribution in [0.4, 0.5) is 0 Å². The Morgan fingerprint density at radius 3 is 1.49 bits per heavy atom. The lowest BCUT2D eigenvalue weighted by Crippen LogP contribution is -2.07. The quantitative estimate of drug-likeness (QED) is 0.177. The Bertz CT molecular complexity index is 3400. The maximum Gasteiger partial charge on any atom is 0.236 e. The molecule has 0 aliphatic heterocycles. The number of benzene rings is 8. The molecular formula is C52H33N5. The average molecular weight is 728 g/mol. The molecule has 0 fully saturated rings. The SMILES string of the molecule is c1ccc(-c2cc(-c3ccccc3)nc(-n3c4ccccc4c4c5cc(-n6c7ccccc7c7ccccc76)ccc5n(-c5cccc6ccccc56)c43)n2)cc1. The molecule has 0 amide bonds. The molecule has 5 nitrogen and oxygen atoms in total. The molecule has 0 atom stereocenters. The first-order valence-electron chi connectivity index (χ1n) is 19.3. The van der Waals surface area contributed by atoms with Crippen LogP contribution in [-0.4, -0.2) is 23.7 Å². The van der Waals surface area contributed by atoms with Crippen LogP contribution < -0.4 is 0 Å². The van der Waals surface area contributed by atoms with Gasteiger partial charge in [0.05, 0.1) is 39.1 Å². The minimum absolute atomic E-state index is 0.619. The van der Waals surface area contributed by atoms with Crippen molar-refractivity contribution in [1.29, 1.82) is 0 Å². The molecule has 4 aromatic heterocycles. The van der Waals surface area contributed by atoms with Crippen molar-refractivity contribution in [2.45, 2.75) is 0 Å². The average Bonchev–Trinajstić information content (AvgIpc) is 3.92. The summed E-state index contributed by atoms with van der Waals surface area (Å²) in [5.41, 5.74) is 11.6. The molecule has 0 radical (unpaired) electrons. The molecule has 266 valence electrons. The van der Waals surface area contributed by atoms with Gasteiger partial charge in [0.1, 0.15) is 5.65 Å². The molecule has 0 aliphatic rings. The standard InChI is InChI=1S/C52H33N5/c1-3-17-35(18-4-1)43-33-44(36-19-5-2-6-20-36)54-52(53-43)57-48-28-14-11-25-41(48)50-42-32-37(55-46-26-12-9-23-39(46)40-24-10-13-27-47(40)55)30-31-49(42)56(51(50)57)45-29-15-21-34-16-7-8-22-38(34)45/h1-33H. The Labute approximate surface area is 328 Å². The summed E-state index contributed by atoms with van der Waals surface area (Å²) >= 11 is 0. The summed E-state index contributed by atoms with van der Waals surface area (Å²) in [5, 5.41) is 8.31. The largest absolute Gasteiger partial charge is 0.309 e. The van der Waals surface area contributed by atoms with Gasteiger partial charge < -0.3 is 4.57 Å². The van der Waals surface area contributed by atoms with E-state index in [1.54, 1.807) is 0 Å². The lowest BCUT2D eigenvalue weighted by atomic mass is 10.1. The van der Waals surface area contributed by atoms with Gasteiger partial charge in [0.25, 0.3) is 0 Å². The first-order chi connectivity index (χ1) is 28.3. The third-order valence-corrected chi connectivity index (χ3v) is 11.5. The van der Waals surface area contributed by atoms with Gasteiger partial charge in [-0.1, -0.05) is 152 Å². The molecule has 8 aromatic carbocycles. The molecule has 5 heteroatoms. The Balaban J connectivity index is 1.24. The minimum atomic E-state index is 0.619. The molecule has 57 heavy (non-hydrogen) atoms. The predicted molar refractivity (Wildman–Crippen MR) is 236 cm³/mol. The van der Waals surface area contributed by atoms with E-state index in [0.717, 1.165) is 66.7 Å². The topological polar surface area (TPSA) is 40.6 Å². The summed E-state index contributed by atoms with van der Waals surface area (Å²) in [6, 6.07) is 71.2. The molecule has 12 aromatic rings. The molecule has 0 saturated heterocycles. The fourth-order valence-electron chi connectivity index (χ4n) is 8.97. The van der Waals surface area contributed by atoms with E-state index in [4.69, 9.17) is 9.97 Å². The van der Waals surface area contributed by atoms with E-state index in [0.29, 0.717) is 5.95 Å². The zero-order valence-electron chi connectivity index (χ0n) is 30.8. The molecular weight excluding hydrogens is 695 g/mol. The lowest BCUT2D eigenvalue weighted by molar-refractivity contribution is 0.965. The third kappa shape index (κ3) is 4.76. The van der Waals surface area contributed by atoms with E-state index in [1.165, 1.54) is 32.6 Å². The van der Waals surface area contributed by atoms with Gasteiger partial charge in [-0.25, -0.2) is 9.97 Å². The van der Waals surface area contributed by atoms with E-state index < -0.39 is 0 Å². The Morgan fingerprint density at radius 1 is 0.333 bits per heavy atom. The number of aromatic nitrogens is 5. The fourth-order valence-corrected chi connectivity index (χ4v) is 8.97. The highest BCUT2D eigenvalue weighted by Gasteiger charge is 2.25. The van der Waals surface area contributed by atoms with Crippen molar-refractivity contribution in [2.75, 3.05) is 0 Å². The number of rotatable bonds is 5. The summed E-state index contributed by atoms with van der Waals surface area (Å²) < 4.78 is 7.12. The number of hydrogen-bond donors (Lipinski definition) is 0. The third-order valence-electron chi connectivity index (χ3n) is 11.5. The summed E-state index contributed by atoms with van der Waals surface area (Å²) in [5.74, 6) is 0.619. The Hall–Kier alpha value is -7.76. The summed E-state index contributed by atoms with van der Waals surface area (Å²) in [6.45, 7) is 0. The second-order valence-electron chi connectivity index (χ2n) is 14.6. The van der Waals surface area contributed by atoms with Crippen molar-refractivity contribution in [3.05, 3.63) is 200 Å². The van der Waals surface area contributed by atoms with Crippen LogP contribution in [0.5, 0.6) is 0 Å². The molecule has 12 rings (SSSR count). The first-order valence-corrected chi connectivity index (χ1v) is 19.3. The molecule has 0 aliphatic carbocycles. The predicted octanol–water partition coefficient (Wildman–Crippen LogP) is 13.1. The van der Waals surface area contributed by atoms with Gasteiger partial charge in [0, 0.05) is 49.1 Å². The molecule has 0 saturated carbocycles. The monoisotopic (exact) mass is 727 g/mol. The maximum absolute atomic E-state index is 5.40. The van der Waals surface area contributed by atoms with E-state index in [-0.39, 0.29) is 0 Å². The number of hydrogen-bond acceptors (Lipinski definition) is 2. The Morgan fingerprint density at radius 2 is 0.842 bits per heavy atom.